The predicted molar refractivity (Wildman–Crippen MR) is 152 cm³/mol. The highest BCUT2D eigenvalue weighted by Gasteiger charge is 2.48. The minimum absolute atomic E-state index is 0.0821. The summed E-state index contributed by atoms with van der Waals surface area (Å²) < 4.78 is 23.5. The van der Waals surface area contributed by atoms with Crippen LogP contribution in [0, 0.1) is 5.82 Å². The Hall–Kier alpha value is -3.31. The van der Waals surface area contributed by atoms with Crippen molar-refractivity contribution in [3.8, 4) is 11.8 Å². The van der Waals surface area contributed by atoms with Crippen LogP contribution in [0.3, 0.4) is 0 Å². The van der Waals surface area contributed by atoms with Crippen molar-refractivity contribution in [1.29, 1.82) is 0 Å². The van der Waals surface area contributed by atoms with E-state index in [1.54, 1.807) is 25.4 Å². The lowest BCUT2D eigenvalue weighted by Gasteiger charge is -2.57. The molecule has 4 unspecified atom stereocenters. The Labute approximate surface area is 241 Å². The number of methoxy groups -OCH3 is 2. The second-order valence-electron chi connectivity index (χ2n) is 11.9. The molecule has 4 atom stereocenters. The summed E-state index contributed by atoms with van der Waals surface area (Å²) in [4.78, 5) is 41.8. The highest BCUT2D eigenvalue weighted by Crippen LogP contribution is 2.35. The van der Waals surface area contributed by atoms with Gasteiger partial charge in [0.25, 0.3) is 11.8 Å². The highest BCUT2D eigenvalue weighted by atomic mass is 19.1. The maximum absolute atomic E-state index is 13.7. The topological polar surface area (TPSA) is 91.3 Å². The number of amides is 2. The maximum Gasteiger partial charge on any atom is 0.256 e. The van der Waals surface area contributed by atoms with Crippen molar-refractivity contribution in [2.24, 2.45) is 0 Å². The van der Waals surface area contributed by atoms with E-state index in [2.05, 4.69) is 47.5 Å². The zero-order chi connectivity index (χ0) is 29.4. The second-order valence-corrected chi connectivity index (χ2v) is 11.9. The molecule has 4 aliphatic rings. The number of ether oxygens (including phenoxy) is 2. The number of carbonyl (C=O) groups excluding carboxylic acids is 2. The molecule has 2 aromatic rings. The Balaban J connectivity index is 0.000000165. The summed E-state index contributed by atoms with van der Waals surface area (Å²) in [6.07, 6.45) is 5.17. The third kappa shape index (κ3) is 5.74. The van der Waals surface area contributed by atoms with Gasteiger partial charge in [0.1, 0.15) is 0 Å². The molecule has 4 aliphatic heterocycles. The lowest BCUT2D eigenvalue weighted by atomic mass is 9.86. The minimum Gasteiger partial charge on any atom is -0.481 e. The number of carbonyl (C=O) groups is 2. The summed E-state index contributed by atoms with van der Waals surface area (Å²) >= 11 is 0. The average molecular weight is 569 g/mol. The number of nitrogens with zero attached hydrogens (tertiary/aromatic N) is 6. The van der Waals surface area contributed by atoms with Crippen LogP contribution in [-0.2, 0) is 0 Å². The summed E-state index contributed by atoms with van der Waals surface area (Å²) in [5.41, 5.74) is 0.944. The van der Waals surface area contributed by atoms with Crippen LogP contribution in [0.4, 0.5) is 4.39 Å². The number of piperidine rings is 2. The molecular weight excluding hydrogens is 527 g/mol. The van der Waals surface area contributed by atoms with Gasteiger partial charge in [-0.3, -0.25) is 19.4 Å². The minimum atomic E-state index is -0.599. The second kappa shape index (κ2) is 11.9. The van der Waals surface area contributed by atoms with Crippen molar-refractivity contribution >= 4 is 11.8 Å². The number of rotatable bonds is 6. The fourth-order valence-electron chi connectivity index (χ4n) is 6.41. The molecule has 222 valence electrons. The van der Waals surface area contributed by atoms with E-state index < -0.39 is 5.82 Å². The van der Waals surface area contributed by atoms with E-state index in [-0.39, 0.29) is 29.8 Å². The van der Waals surface area contributed by atoms with Crippen LogP contribution in [0.5, 0.6) is 11.8 Å². The first-order valence-electron chi connectivity index (χ1n) is 14.4. The summed E-state index contributed by atoms with van der Waals surface area (Å²) in [6, 6.07) is 7.01. The number of hydrogen-bond donors (Lipinski definition) is 0. The molecule has 4 saturated heterocycles. The number of likely N-dealkylation sites (tertiary alicyclic amines) is 4. The Kier molecular flexibility index (Phi) is 8.47. The number of halogens is 1. The monoisotopic (exact) mass is 568 g/mol. The van der Waals surface area contributed by atoms with Gasteiger partial charge in [-0.1, -0.05) is 0 Å². The molecule has 0 radical (unpaired) electrons. The molecule has 0 saturated carbocycles. The Morgan fingerprint density at radius 2 is 1.27 bits per heavy atom. The smallest absolute Gasteiger partial charge is 0.256 e. The van der Waals surface area contributed by atoms with Gasteiger partial charge < -0.3 is 19.3 Å². The zero-order valence-electron chi connectivity index (χ0n) is 24.8. The van der Waals surface area contributed by atoms with Crippen LogP contribution >= 0.6 is 0 Å². The Bertz CT molecular complexity index is 1230. The molecular formula is C30H41FN6O4. The van der Waals surface area contributed by atoms with Crippen LogP contribution in [0.1, 0.15) is 61.3 Å². The summed E-state index contributed by atoms with van der Waals surface area (Å²) in [5, 5.41) is 0. The maximum atomic E-state index is 13.7. The van der Waals surface area contributed by atoms with Crippen LogP contribution in [0.25, 0.3) is 0 Å². The lowest BCUT2D eigenvalue weighted by molar-refractivity contribution is -0.0565. The molecule has 0 aliphatic carbocycles. The van der Waals surface area contributed by atoms with Crippen molar-refractivity contribution in [2.45, 2.75) is 76.8 Å². The molecule has 6 rings (SSSR count). The third-order valence-corrected chi connectivity index (χ3v) is 8.81. The van der Waals surface area contributed by atoms with Gasteiger partial charge in [0.05, 0.1) is 25.3 Å². The lowest BCUT2D eigenvalue weighted by Crippen LogP contribution is -2.70. The van der Waals surface area contributed by atoms with E-state index in [1.807, 2.05) is 9.80 Å². The van der Waals surface area contributed by atoms with Gasteiger partial charge in [-0.15, -0.1) is 0 Å². The Morgan fingerprint density at radius 1 is 0.780 bits per heavy atom. The fraction of sp³-hybridized carbons (Fsp3) is 0.600. The third-order valence-electron chi connectivity index (χ3n) is 8.81. The van der Waals surface area contributed by atoms with Crippen molar-refractivity contribution in [3.63, 3.8) is 0 Å². The summed E-state index contributed by atoms with van der Waals surface area (Å²) in [7, 11) is 2.93. The van der Waals surface area contributed by atoms with E-state index in [4.69, 9.17) is 9.47 Å². The summed E-state index contributed by atoms with van der Waals surface area (Å²) in [6.45, 7) is 12.5. The number of aromatic nitrogens is 2. The number of pyridine rings is 2. The average Bonchev–Trinajstić information content (AvgIpc) is 2.97. The molecule has 0 N–H and O–H groups in total. The highest BCUT2D eigenvalue weighted by molar-refractivity contribution is 5.95. The SMILES string of the molecule is COc1ccc(C(=O)N2C3CC2CN(C(C)C)C3)cn1.COc1ncc(C(=O)N2C3CC2CN(C(C)C)C3)cc1F. The molecule has 0 aromatic carbocycles. The van der Waals surface area contributed by atoms with Gasteiger partial charge >= 0.3 is 0 Å². The molecule has 4 fully saturated rings. The first-order chi connectivity index (χ1) is 19.6. The Morgan fingerprint density at radius 3 is 1.66 bits per heavy atom. The first-order valence-corrected chi connectivity index (χ1v) is 14.4. The molecule has 2 amide bonds. The van der Waals surface area contributed by atoms with E-state index in [1.165, 1.54) is 19.4 Å². The quantitative estimate of drug-likeness (QED) is 0.526. The molecule has 6 heterocycles. The van der Waals surface area contributed by atoms with E-state index in [0.717, 1.165) is 39.0 Å². The van der Waals surface area contributed by atoms with E-state index in [9.17, 15) is 14.0 Å². The zero-order valence-corrected chi connectivity index (χ0v) is 24.8. The van der Waals surface area contributed by atoms with Crippen LogP contribution in [0.2, 0.25) is 0 Å². The number of hydrogen-bond acceptors (Lipinski definition) is 8. The fourth-order valence-corrected chi connectivity index (χ4v) is 6.41. The molecule has 10 nitrogen and oxygen atoms in total. The van der Waals surface area contributed by atoms with Gasteiger partial charge in [0.15, 0.2) is 5.82 Å². The largest absolute Gasteiger partial charge is 0.481 e. The van der Waals surface area contributed by atoms with Crippen molar-refractivity contribution in [1.82, 2.24) is 29.6 Å². The van der Waals surface area contributed by atoms with Crippen LogP contribution < -0.4 is 9.47 Å². The van der Waals surface area contributed by atoms with Crippen molar-refractivity contribution in [3.05, 3.63) is 47.5 Å². The van der Waals surface area contributed by atoms with Gasteiger partial charge in [-0.05, 0) is 52.7 Å². The van der Waals surface area contributed by atoms with E-state index >= 15 is 0 Å². The molecule has 0 spiro atoms. The predicted octanol–water partition coefficient (Wildman–Crippen LogP) is 2.93. The van der Waals surface area contributed by atoms with Crippen molar-refractivity contribution < 1.29 is 23.5 Å². The first kappa shape index (κ1) is 29.2. The molecule has 2 aromatic heterocycles. The molecule has 11 heteroatoms. The van der Waals surface area contributed by atoms with Gasteiger partial charge in [0, 0.05) is 80.9 Å². The van der Waals surface area contributed by atoms with Crippen molar-refractivity contribution in [2.75, 3.05) is 40.4 Å². The van der Waals surface area contributed by atoms with Crippen LogP contribution in [-0.4, -0.2) is 118 Å². The number of fused-ring (bicyclic) bond motifs is 4. The van der Waals surface area contributed by atoms with E-state index in [0.29, 0.717) is 41.2 Å². The number of piperazine rings is 2. The summed E-state index contributed by atoms with van der Waals surface area (Å²) in [5.74, 6) is -0.172. The molecule has 4 bridgehead atoms. The van der Waals surface area contributed by atoms with Crippen LogP contribution in [0.15, 0.2) is 30.6 Å². The molecule has 41 heavy (non-hydrogen) atoms. The van der Waals surface area contributed by atoms with Gasteiger partial charge in [-0.2, -0.15) is 0 Å². The standard InChI is InChI=1S/C15H20FN3O2.C15H21N3O2/c1-9(2)18-7-11-5-12(8-18)19(11)15(20)10-4-13(16)14(21-3)17-6-10;1-10(2)17-8-12-6-13(9-17)18(12)15(19)11-4-5-14(20-3)16-7-11/h4,6,9,11-12H,5,7-8H2,1-3H3;4-5,7,10,12-13H,6,8-9H2,1-3H3. The van der Waals surface area contributed by atoms with Gasteiger partial charge in [-0.25, -0.2) is 14.4 Å². The van der Waals surface area contributed by atoms with Gasteiger partial charge in [0.2, 0.25) is 11.8 Å². The normalized spacial score (nSPS) is 25.2.